The summed E-state index contributed by atoms with van der Waals surface area (Å²) in [5.41, 5.74) is 0.972. The molecule has 2 aromatic rings. The van der Waals surface area contributed by atoms with Gasteiger partial charge in [-0.2, -0.15) is 0 Å². The van der Waals surface area contributed by atoms with E-state index in [1.165, 1.54) is 18.4 Å². The molecule has 0 amide bonds. The molecule has 4 heteroatoms. The van der Waals surface area contributed by atoms with Gasteiger partial charge in [0.05, 0.1) is 5.69 Å². The molecule has 14 heavy (non-hydrogen) atoms. The van der Waals surface area contributed by atoms with E-state index in [0.717, 1.165) is 6.07 Å². The van der Waals surface area contributed by atoms with Crippen LogP contribution < -0.4 is 0 Å². The van der Waals surface area contributed by atoms with Gasteiger partial charge in [-0.05, 0) is 19.1 Å². The van der Waals surface area contributed by atoms with Crippen LogP contribution in [0.1, 0.15) is 5.69 Å². The molecular formula is C10H7F2NO. The number of aryl methyl sites for hydroxylation is 1. The molecule has 2 nitrogen and oxygen atoms in total. The third kappa shape index (κ3) is 1.64. The summed E-state index contributed by atoms with van der Waals surface area (Å²) < 4.78 is 30.6. The maximum absolute atomic E-state index is 12.8. The highest BCUT2D eigenvalue weighted by atomic mass is 19.1. The standard InChI is InChI=1S/C10H7F2NO/c1-6-5-14-10(13-6)7-2-8(11)4-9(12)3-7/h2-5H,1H3. The Hall–Kier alpha value is -1.71. The Labute approximate surface area is 79.2 Å². The van der Waals surface area contributed by atoms with E-state index in [4.69, 9.17) is 4.42 Å². The largest absolute Gasteiger partial charge is 0.444 e. The van der Waals surface area contributed by atoms with Crippen LogP contribution in [0.15, 0.2) is 28.9 Å². The Morgan fingerprint density at radius 2 is 1.79 bits per heavy atom. The number of rotatable bonds is 1. The van der Waals surface area contributed by atoms with Gasteiger partial charge in [0.2, 0.25) is 5.89 Å². The van der Waals surface area contributed by atoms with Gasteiger partial charge < -0.3 is 4.42 Å². The van der Waals surface area contributed by atoms with Crippen molar-refractivity contribution < 1.29 is 13.2 Å². The highest BCUT2D eigenvalue weighted by Gasteiger charge is 2.07. The van der Waals surface area contributed by atoms with E-state index >= 15 is 0 Å². The van der Waals surface area contributed by atoms with E-state index in [2.05, 4.69) is 4.98 Å². The van der Waals surface area contributed by atoms with Gasteiger partial charge in [0, 0.05) is 11.6 Å². The zero-order valence-electron chi connectivity index (χ0n) is 7.42. The minimum absolute atomic E-state index is 0.223. The molecular weight excluding hydrogens is 188 g/mol. The fourth-order valence-electron chi connectivity index (χ4n) is 1.16. The molecule has 0 fully saturated rings. The molecule has 1 aromatic carbocycles. The van der Waals surface area contributed by atoms with Crippen LogP contribution in [0.4, 0.5) is 8.78 Å². The lowest BCUT2D eigenvalue weighted by molar-refractivity contribution is 0.563. The number of aromatic nitrogens is 1. The molecule has 0 saturated carbocycles. The first-order chi connectivity index (χ1) is 6.65. The Bertz CT molecular complexity index is 445. The quantitative estimate of drug-likeness (QED) is 0.699. The molecule has 0 unspecified atom stereocenters. The highest BCUT2D eigenvalue weighted by Crippen LogP contribution is 2.20. The van der Waals surface area contributed by atoms with Crippen molar-refractivity contribution in [3.63, 3.8) is 0 Å². The number of halogens is 2. The lowest BCUT2D eigenvalue weighted by Gasteiger charge is -1.95. The predicted octanol–water partition coefficient (Wildman–Crippen LogP) is 2.93. The van der Waals surface area contributed by atoms with Crippen molar-refractivity contribution in [3.8, 4) is 11.5 Å². The van der Waals surface area contributed by atoms with E-state index in [1.807, 2.05) is 0 Å². The lowest BCUT2D eigenvalue weighted by atomic mass is 10.2. The number of oxazole rings is 1. The fraction of sp³-hybridized carbons (Fsp3) is 0.100. The molecule has 0 radical (unpaired) electrons. The third-order valence-electron chi connectivity index (χ3n) is 1.73. The summed E-state index contributed by atoms with van der Waals surface area (Å²) in [6.07, 6.45) is 1.43. The van der Waals surface area contributed by atoms with Crippen LogP contribution in [0.5, 0.6) is 0 Å². The van der Waals surface area contributed by atoms with Crippen molar-refractivity contribution in [1.29, 1.82) is 0 Å². The van der Waals surface area contributed by atoms with Crippen LogP contribution in [0.3, 0.4) is 0 Å². The molecule has 0 aliphatic heterocycles. The van der Waals surface area contributed by atoms with E-state index in [0.29, 0.717) is 11.3 Å². The van der Waals surface area contributed by atoms with Crippen LogP contribution in [-0.4, -0.2) is 4.98 Å². The van der Waals surface area contributed by atoms with Gasteiger partial charge in [-0.25, -0.2) is 13.8 Å². The van der Waals surface area contributed by atoms with Crippen LogP contribution in [-0.2, 0) is 0 Å². The first-order valence-corrected chi connectivity index (χ1v) is 4.04. The summed E-state index contributed by atoms with van der Waals surface area (Å²) in [5, 5.41) is 0. The number of hydrogen-bond donors (Lipinski definition) is 0. The minimum Gasteiger partial charge on any atom is -0.444 e. The summed E-state index contributed by atoms with van der Waals surface area (Å²) in [6.45, 7) is 1.74. The van der Waals surface area contributed by atoms with Crippen molar-refractivity contribution in [1.82, 2.24) is 4.98 Å². The normalized spacial score (nSPS) is 10.5. The van der Waals surface area contributed by atoms with Gasteiger partial charge >= 0.3 is 0 Å². The van der Waals surface area contributed by atoms with E-state index < -0.39 is 11.6 Å². The highest BCUT2D eigenvalue weighted by molar-refractivity contribution is 5.53. The Balaban J connectivity index is 2.51. The Morgan fingerprint density at radius 3 is 2.29 bits per heavy atom. The number of nitrogens with zero attached hydrogens (tertiary/aromatic N) is 1. The maximum Gasteiger partial charge on any atom is 0.226 e. The van der Waals surface area contributed by atoms with Gasteiger partial charge in [0.25, 0.3) is 0 Å². The second-order valence-corrected chi connectivity index (χ2v) is 2.95. The van der Waals surface area contributed by atoms with Crippen molar-refractivity contribution >= 4 is 0 Å². The molecule has 1 aromatic heterocycles. The predicted molar refractivity (Wildman–Crippen MR) is 46.6 cm³/mol. The topological polar surface area (TPSA) is 26.0 Å². The monoisotopic (exact) mass is 195 g/mol. The number of benzene rings is 1. The summed E-state index contributed by atoms with van der Waals surface area (Å²) >= 11 is 0. The van der Waals surface area contributed by atoms with Crippen molar-refractivity contribution in [3.05, 3.63) is 41.8 Å². The van der Waals surface area contributed by atoms with E-state index in [-0.39, 0.29) is 5.89 Å². The second-order valence-electron chi connectivity index (χ2n) is 2.95. The third-order valence-corrected chi connectivity index (χ3v) is 1.73. The lowest BCUT2D eigenvalue weighted by Crippen LogP contribution is -1.84. The van der Waals surface area contributed by atoms with E-state index in [9.17, 15) is 8.78 Å². The molecule has 1 heterocycles. The maximum atomic E-state index is 12.8. The molecule has 0 aliphatic carbocycles. The molecule has 72 valence electrons. The summed E-state index contributed by atoms with van der Waals surface area (Å²) in [5.74, 6) is -1.06. The van der Waals surface area contributed by atoms with Crippen LogP contribution in [0.25, 0.3) is 11.5 Å². The van der Waals surface area contributed by atoms with Crippen LogP contribution in [0, 0.1) is 18.6 Å². The minimum atomic E-state index is -0.643. The van der Waals surface area contributed by atoms with E-state index in [1.54, 1.807) is 6.92 Å². The average Bonchev–Trinajstić information content (AvgIpc) is 2.50. The second kappa shape index (κ2) is 3.21. The molecule has 2 rings (SSSR count). The molecule has 0 spiro atoms. The van der Waals surface area contributed by atoms with Crippen molar-refractivity contribution in [2.75, 3.05) is 0 Å². The Kier molecular flexibility index (Phi) is 2.04. The summed E-state index contributed by atoms with van der Waals surface area (Å²) in [6, 6.07) is 3.15. The fourth-order valence-corrected chi connectivity index (χ4v) is 1.16. The molecule has 0 saturated heterocycles. The molecule has 0 aliphatic rings. The van der Waals surface area contributed by atoms with Crippen molar-refractivity contribution in [2.24, 2.45) is 0 Å². The molecule has 0 N–H and O–H groups in total. The van der Waals surface area contributed by atoms with Gasteiger partial charge in [-0.3, -0.25) is 0 Å². The zero-order valence-corrected chi connectivity index (χ0v) is 7.42. The Morgan fingerprint density at radius 1 is 1.14 bits per heavy atom. The SMILES string of the molecule is Cc1coc(-c2cc(F)cc(F)c2)n1. The van der Waals surface area contributed by atoms with Gasteiger partial charge in [0.15, 0.2) is 0 Å². The summed E-state index contributed by atoms with van der Waals surface area (Å²) in [4.78, 5) is 3.96. The summed E-state index contributed by atoms with van der Waals surface area (Å²) in [7, 11) is 0. The zero-order chi connectivity index (χ0) is 10.1. The molecule has 0 bridgehead atoms. The van der Waals surface area contributed by atoms with Gasteiger partial charge in [0.1, 0.15) is 17.9 Å². The molecule has 0 atom stereocenters. The first kappa shape index (κ1) is 8.87. The van der Waals surface area contributed by atoms with Gasteiger partial charge in [-0.15, -0.1) is 0 Å². The van der Waals surface area contributed by atoms with Crippen LogP contribution in [0.2, 0.25) is 0 Å². The number of hydrogen-bond acceptors (Lipinski definition) is 2. The van der Waals surface area contributed by atoms with Crippen LogP contribution >= 0.6 is 0 Å². The smallest absolute Gasteiger partial charge is 0.226 e. The van der Waals surface area contributed by atoms with Gasteiger partial charge in [-0.1, -0.05) is 0 Å². The average molecular weight is 195 g/mol. The van der Waals surface area contributed by atoms with Crippen molar-refractivity contribution in [2.45, 2.75) is 6.92 Å². The first-order valence-electron chi connectivity index (χ1n) is 4.04.